The van der Waals surface area contributed by atoms with Crippen LogP contribution in [0.5, 0.6) is 0 Å². The van der Waals surface area contributed by atoms with E-state index in [0.29, 0.717) is 38.7 Å². The van der Waals surface area contributed by atoms with Gasteiger partial charge in [-0.25, -0.2) is 15.0 Å². The first-order valence-electron chi connectivity index (χ1n) is 13.0. The van der Waals surface area contributed by atoms with Crippen LogP contribution in [0.4, 0.5) is 11.6 Å². The van der Waals surface area contributed by atoms with Crippen LogP contribution in [0.3, 0.4) is 0 Å². The molecule has 5 heterocycles. The first kappa shape index (κ1) is 27.1. The van der Waals surface area contributed by atoms with Crippen LogP contribution in [0.25, 0.3) is 21.7 Å². The molecule has 1 atom stereocenters. The largest absolute Gasteiger partial charge is 0.446 e. The van der Waals surface area contributed by atoms with Gasteiger partial charge in [-0.05, 0) is 30.8 Å². The summed E-state index contributed by atoms with van der Waals surface area (Å²) in [6.45, 7) is 2.15. The van der Waals surface area contributed by atoms with Crippen molar-refractivity contribution in [1.29, 1.82) is 0 Å². The highest BCUT2D eigenvalue weighted by Gasteiger charge is 2.22. The molecule has 1 unspecified atom stereocenters. The standard InChI is InChI=1S/C28H28N8O3S2/c1-34(2)26(37)20-12-18-13-30-28(32-19-6-4-17(5-7-19)22-15-35(3)9-11-40-22)33-24(18)36(27(20)38)14-21-23(31-16-39-21)25-29-8-10-41-25/h4-8,10,12-13,16,22H,9,11,14-15H2,1-3H3,(H,30,32,33). The average Bonchev–Trinajstić information content (AvgIpc) is 3.67. The van der Waals surface area contributed by atoms with Crippen molar-refractivity contribution < 1.29 is 9.21 Å². The third-order valence-corrected chi connectivity index (χ3v) is 8.87. The van der Waals surface area contributed by atoms with Gasteiger partial charge in [0.1, 0.15) is 21.9 Å². The molecule has 5 aromatic rings. The van der Waals surface area contributed by atoms with Gasteiger partial charge >= 0.3 is 0 Å². The number of anilines is 2. The number of thiazole rings is 1. The Kier molecular flexibility index (Phi) is 7.56. The van der Waals surface area contributed by atoms with E-state index in [0.717, 1.165) is 24.5 Å². The van der Waals surface area contributed by atoms with Gasteiger partial charge in [-0.15, -0.1) is 11.3 Å². The molecule has 0 spiro atoms. The second-order valence-corrected chi connectivity index (χ2v) is 12.2. The second-order valence-electron chi connectivity index (χ2n) is 9.95. The number of likely N-dealkylation sites (N-methyl/N-ethyl adjacent to an activating group) is 1. The lowest BCUT2D eigenvalue weighted by Gasteiger charge is -2.29. The predicted octanol–water partition coefficient (Wildman–Crippen LogP) is 4.12. The number of hydrogen-bond acceptors (Lipinski definition) is 11. The predicted molar refractivity (Wildman–Crippen MR) is 161 cm³/mol. The summed E-state index contributed by atoms with van der Waals surface area (Å²) in [5, 5.41) is 6.76. The average molecular weight is 589 g/mol. The van der Waals surface area contributed by atoms with Crippen molar-refractivity contribution in [3.63, 3.8) is 0 Å². The zero-order valence-electron chi connectivity index (χ0n) is 22.8. The van der Waals surface area contributed by atoms with Crippen LogP contribution in [-0.4, -0.2) is 80.2 Å². The lowest BCUT2D eigenvalue weighted by molar-refractivity contribution is 0.0825. The second kappa shape index (κ2) is 11.4. The highest BCUT2D eigenvalue weighted by Crippen LogP contribution is 2.33. The van der Waals surface area contributed by atoms with Crippen LogP contribution in [0, 0.1) is 0 Å². The Bertz CT molecular complexity index is 1750. The van der Waals surface area contributed by atoms with E-state index < -0.39 is 11.5 Å². The Hall–Kier alpha value is -4.07. The van der Waals surface area contributed by atoms with Gasteiger partial charge in [-0.2, -0.15) is 16.7 Å². The maximum atomic E-state index is 13.7. The smallest absolute Gasteiger partial charge is 0.265 e. The molecule has 6 rings (SSSR count). The molecule has 1 N–H and O–H groups in total. The van der Waals surface area contributed by atoms with Crippen LogP contribution in [0.2, 0.25) is 0 Å². The number of pyridine rings is 1. The number of nitrogens with zero attached hydrogens (tertiary/aromatic N) is 7. The maximum absolute atomic E-state index is 13.7. The Morgan fingerprint density at radius 2 is 2.02 bits per heavy atom. The molecule has 1 aliphatic rings. The zero-order chi connectivity index (χ0) is 28.5. The number of fused-ring (bicyclic) bond motifs is 1. The van der Waals surface area contributed by atoms with Gasteiger partial charge in [0.05, 0.1) is 6.54 Å². The number of carbonyl (C=O) groups excluding carboxylic acids is 1. The molecule has 0 aliphatic carbocycles. The third kappa shape index (κ3) is 5.60. The molecule has 1 saturated heterocycles. The minimum absolute atomic E-state index is 0.0114. The molecule has 1 amide bonds. The van der Waals surface area contributed by atoms with E-state index in [2.05, 4.69) is 44.3 Å². The van der Waals surface area contributed by atoms with Gasteiger partial charge in [0.2, 0.25) is 5.95 Å². The fraction of sp³-hybridized carbons (Fsp3) is 0.286. The zero-order valence-corrected chi connectivity index (χ0v) is 24.4. The molecule has 4 aromatic heterocycles. The van der Waals surface area contributed by atoms with Gasteiger partial charge in [-0.1, -0.05) is 12.1 Å². The number of oxazole rings is 1. The summed E-state index contributed by atoms with van der Waals surface area (Å²) < 4.78 is 7.10. The van der Waals surface area contributed by atoms with E-state index in [-0.39, 0.29) is 12.1 Å². The number of nitrogens with one attached hydrogen (secondary N) is 1. The first-order chi connectivity index (χ1) is 19.9. The topological polar surface area (TPSA) is 122 Å². The van der Waals surface area contributed by atoms with Crippen molar-refractivity contribution in [3.8, 4) is 10.7 Å². The van der Waals surface area contributed by atoms with Crippen LogP contribution in [0.15, 0.2) is 63.7 Å². The molecule has 1 fully saturated rings. The summed E-state index contributed by atoms with van der Waals surface area (Å²) in [7, 11) is 5.36. The van der Waals surface area contributed by atoms with Crippen LogP contribution >= 0.6 is 23.1 Å². The highest BCUT2D eigenvalue weighted by molar-refractivity contribution is 7.99. The van der Waals surface area contributed by atoms with E-state index in [9.17, 15) is 9.59 Å². The minimum Gasteiger partial charge on any atom is -0.446 e. The SMILES string of the molecule is CN1CCSC(c2ccc(Nc3ncc4cc(C(=O)N(C)C)c(=O)n(Cc5ocnc5-c5nccs5)c4n3)cc2)C1. The molecule has 13 heteroatoms. The lowest BCUT2D eigenvalue weighted by atomic mass is 10.1. The van der Waals surface area contributed by atoms with Gasteiger partial charge in [0.25, 0.3) is 11.5 Å². The minimum atomic E-state index is -0.485. The van der Waals surface area contributed by atoms with Crippen LogP contribution < -0.4 is 10.9 Å². The summed E-state index contributed by atoms with van der Waals surface area (Å²) in [6.07, 6.45) is 4.61. The molecule has 0 radical (unpaired) electrons. The third-order valence-electron chi connectivity index (χ3n) is 6.85. The molecule has 0 bridgehead atoms. The number of thioether (sulfide) groups is 1. The van der Waals surface area contributed by atoms with E-state index in [1.807, 2.05) is 29.3 Å². The molecule has 1 aliphatic heterocycles. The monoisotopic (exact) mass is 588 g/mol. The fourth-order valence-corrected chi connectivity index (χ4v) is 6.75. The molecule has 0 saturated carbocycles. The van der Waals surface area contributed by atoms with Gasteiger partial charge in [-0.3, -0.25) is 14.2 Å². The molecular weight excluding hydrogens is 560 g/mol. The van der Waals surface area contributed by atoms with Crippen molar-refractivity contribution in [2.45, 2.75) is 11.8 Å². The summed E-state index contributed by atoms with van der Waals surface area (Å²) in [5.41, 5.74) is 2.55. The normalized spacial score (nSPS) is 15.7. The number of rotatable bonds is 7. The Morgan fingerprint density at radius 1 is 1.20 bits per heavy atom. The maximum Gasteiger partial charge on any atom is 0.265 e. The van der Waals surface area contributed by atoms with Gasteiger partial charge in [0.15, 0.2) is 12.2 Å². The molecule has 210 valence electrons. The fourth-order valence-electron chi connectivity index (χ4n) is 4.69. The van der Waals surface area contributed by atoms with Crippen molar-refractivity contribution in [1.82, 2.24) is 34.3 Å². The number of benzene rings is 1. The Morgan fingerprint density at radius 3 is 2.76 bits per heavy atom. The van der Waals surface area contributed by atoms with Crippen LogP contribution in [0.1, 0.15) is 26.9 Å². The van der Waals surface area contributed by atoms with Crippen molar-refractivity contribution in [3.05, 3.63) is 81.7 Å². The van der Waals surface area contributed by atoms with Crippen LogP contribution in [-0.2, 0) is 6.54 Å². The lowest BCUT2D eigenvalue weighted by Crippen LogP contribution is -2.33. The number of aromatic nitrogens is 5. The molecular formula is C28H28N8O3S2. The van der Waals surface area contributed by atoms with E-state index in [1.54, 1.807) is 26.5 Å². The summed E-state index contributed by atoms with van der Waals surface area (Å²) >= 11 is 3.40. The number of amides is 1. The van der Waals surface area contributed by atoms with Gasteiger partial charge in [0, 0.05) is 67.0 Å². The Labute approximate surface area is 244 Å². The molecule has 11 nitrogen and oxygen atoms in total. The Balaban J connectivity index is 1.36. The summed E-state index contributed by atoms with van der Waals surface area (Å²) in [4.78, 5) is 48.1. The summed E-state index contributed by atoms with van der Waals surface area (Å²) in [5.74, 6) is 1.48. The quantitative estimate of drug-likeness (QED) is 0.297. The summed E-state index contributed by atoms with van der Waals surface area (Å²) in [6, 6.07) is 9.81. The molecule has 1 aromatic carbocycles. The first-order valence-corrected chi connectivity index (χ1v) is 14.9. The number of carbonyl (C=O) groups is 1. The van der Waals surface area contributed by atoms with Crippen molar-refractivity contribution in [2.75, 3.05) is 45.3 Å². The van der Waals surface area contributed by atoms with E-state index in [4.69, 9.17) is 9.40 Å². The molecule has 41 heavy (non-hydrogen) atoms. The van der Waals surface area contributed by atoms with Gasteiger partial charge < -0.3 is 19.5 Å². The van der Waals surface area contributed by atoms with E-state index >= 15 is 0 Å². The van der Waals surface area contributed by atoms with E-state index in [1.165, 1.54) is 38.8 Å². The highest BCUT2D eigenvalue weighted by atomic mass is 32.2. The van der Waals surface area contributed by atoms with Crippen molar-refractivity contribution in [2.24, 2.45) is 0 Å². The van der Waals surface area contributed by atoms with Crippen molar-refractivity contribution >= 4 is 51.7 Å². The number of hydrogen-bond donors (Lipinski definition) is 1.